The Labute approximate surface area is 127 Å². The molecule has 1 aliphatic carbocycles. The van der Waals surface area contributed by atoms with Gasteiger partial charge in [0, 0.05) is 6.04 Å². The molecule has 1 saturated heterocycles. The number of fused-ring (bicyclic) bond motifs is 1. The summed E-state index contributed by atoms with van der Waals surface area (Å²) in [5, 5.41) is 3.58. The maximum Gasteiger partial charge on any atom is 0.161 e. The molecule has 21 heavy (non-hydrogen) atoms. The lowest BCUT2D eigenvalue weighted by Crippen LogP contribution is -2.21. The Balaban J connectivity index is 1.73. The van der Waals surface area contributed by atoms with Gasteiger partial charge in [0.15, 0.2) is 11.5 Å². The molecule has 1 fully saturated rings. The maximum atomic E-state index is 5.41. The third-order valence-corrected chi connectivity index (χ3v) is 4.70. The first-order chi connectivity index (χ1) is 10.3. The van der Waals surface area contributed by atoms with Gasteiger partial charge in [-0.2, -0.15) is 0 Å². The van der Waals surface area contributed by atoms with Crippen molar-refractivity contribution in [1.29, 1.82) is 0 Å². The van der Waals surface area contributed by atoms with Crippen LogP contribution in [-0.4, -0.2) is 26.8 Å². The number of aryl methyl sites for hydroxylation is 1. The predicted molar refractivity (Wildman–Crippen MR) is 86.1 cm³/mol. The van der Waals surface area contributed by atoms with E-state index in [4.69, 9.17) is 9.47 Å². The largest absolute Gasteiger partial charge is 0.493 e. The van der Waals surface area contributed by atoms with Gasteiger partial charge in [-0.15, -0.1) is 0 Å². The Morgan fingerprint density at radius 1 is 1.14 bits per heavy atom. The lowest BCUT2D eigenvalue weighted by molar-refractivity contribution is 0.354. The van der Waals surface area contributed by atoms with Gasteiger partial charge in [0.05, 0.1) is 14.2 Å². The second-order valence-electron chi connectivity index (χ2n) is 6.04. The van der Waals surface area contributed by atoms with Crippen LogP contribution in [0.25, 0.3) is 6.08 Å². The zero-order chi connectivity index (χ0) is 14.7. The zero-order valence-electron chi connectivity index (χ0n) is 13.1. The summed E-state index contributed by atoms with van der Waals surface area (Å²) in [6.07, 6.45) is 9.81. The van der Waals surface area contributed by atoms with Crippen LogP contribution in [-0.2, 0) is 6.42 Å². The van der Waals surface area contributed by atoms with Gasteiger partial charge < -0.3 is 14.8 Å². The normalized spacial score (nSPS) is 20.9. The fourth-order valence-electron chi connectivity index (χ4n) is 3.43. The highest BCUT2D eigenvalue weighted by Crippen LogP contribution is 2.36. The Hall–Kier alpha value is -1.48. The third kappa shape index (κ3) is 3.24. The predicted octanol–water partition coefficient (Wildman–Crippen LogP) is 3.57. The van der Waals surface area contributed by atoms with Crippen LogP contribution in [0.4, 0.5) is 0 Å². The number of nitrogens with one attached hydrogen (secondary N) is 1. The fraction of sp³-hybridized carbons (Fsp3) is 0.556. The Morgan fingerprint density at radius 3 is 2.67 bits per heavy atom. The molecule has 0 amide bonds. The van der Waals surface area contributed by atoms with E-state index in [1.165, 1.54) is 49.8 Å². The van der Waals surface area contributed by atoms with Crippen molar-refractivity contribution in [2.45, 2.75) is 44.6 Å². The van der Waals surface area contributed by atoms with E-state index in [0.29, 0.717) is 0 Å². The Kier molecular flexibility index (Phi) is 4.49. The molecule has 0 spiro atoms. The van der Waals surface area contributed by atoms with E-state index >= 15 is 0 Å². The molecule has 1 N–H and O–H groups in total. The molecular formula is C18H25NO2. The summed E-state index contributed by atoms with van der Waals surface area (Å²) in [5.74, 6) is 1.66. The number of rotatable bonds is 5. The van der Waals surface area contributed by atoms with Crippen molar-refractivity contribution in [3.8, 4) is 11.5 Å². The van der Waals surface area contributed by atoms with Gasteiger partial charge in [-0.05, 0) is 68.3 Å². The molecule has 1 heterocycles. The second kappa shape index (κ2) is 6.52. The first-order valence-corrected chi connectivity index (χ1v) is 7.98. The highest BCUT2D eigenvalue weighted by molar-refractivity contribution is 5.64. The van der Waals surface area contributed by atoms with Crippen LogP contribution < -0.4 is 14.8 Å². The van der Waals surface area contributed by atoms with E-state index < -0.39 is 0 Å². The lowest BCUT2D eigenvalue weighted by Gasteiger charge is -2.20. The quantitative estimate of drug-likeness (QED) is 0.898. The molecular weight excluding hydrogens is 262 g/mol. The van der Waals surface area contributed by atoms with E-state index in [1.807, 2.05) is 0 Å². The molecule has 3 nitrogen and oxygen atoms in total. The molecule has 1 unspecified atom stereocenters. The topological polar surface area (TPSA) is 30.5 Å². The molecule has 114 valence electrons. The first kappa shape index (κ1) is 14.5. The van der Waals surface area contributed by atoms with E-state index in [-0.39, 0.29) is 0 Å². The van der Waals surface area contributed by atoms with Crippen molar-refractivity contribution in [2.24, 2.45) is 0 Å². The summed E-state index contributed by atoms with van der Waals surface area (Å²) < 4.78 is 10.8. The van der Waals surface area contributed by atoms with Crippen molar-refractivity contribution < 1.29 is 9.47 Å². The smallest absolute Gasteiger partial charge is 0.161 e. The second-order valence-corrected chi connectivity index (χ2v) is 6.04. The van der Waals surface area contributed by atoms with Crippen LogP contribution in [0.2, 0.25) is 0 Å². The third-order valence-electron chi connectivity index (χ3n) is 4.70. The average Bonchev–Trinajstić information content (AvgIpc) is 3.04. The van der Waals surface area contributed by atoms with Gasteiger partial charge in [0.2, 0.25) is 0 Å². The number of hydrogen-bond acceptors (Lipinski definition) is 3. The molecule has 0 bridgehead atoms. The van der Waals surface area contributed by atoms with Crippen LogP contribution in [0.1, 0.15) is 43.2 Å². The highest BCUT2D eigenvalue weighted by atomic mass is 16.5. The molecule has 1 atom stereocenters. The Bertz CT molecular complexity index is 530. The minimum absolute atomic E-state index is 0.734. The van der Waals surface area contributed by atoms with E-state index in [1.54, 1.807) is 19.8 Å². The van der Waals surface area contributed by atoms with Crippen LogP contribution in [0.5, 0.6) is 11.5 Å². The van der Waals surface area contributed by atoms with Gasteiger partial charge in [0.25, 0.3) is 0 Å². The van der Waals surface area contributed by atoms with Gasteiger partial charge in [0.1, 0.15) is 0 Å². The fourth-order valence-corrected chi connectivity index (χ4v) is 3.43. The number of ether oxygens (including phenoxy) is 2. The minimum atomic E-state index is 0.734. The molecule has 1 aromatic rings. The Morgan fingerprint density at radius 2 is 1.95 bits per heavy atom. The summed E-state index contributed by atoms with van der Waals surface area (Å²) >= 11 is 0. The van der Waals surface area contributed by atoms with Crippen molar-refractivity contribution >= 4 is 6.08 Å². The van der Waals surface area contributed by atoms with Crippen LogP contribution in [0.3, 0.4) is 0 Å². The number of allylic oxidation sites excluding steroid dienone is 1. The summed E-state index contributed by atoms with van der Waals surface area (Å²) in [5.41, 5.74) is 4.24. The summed E-state index contributed by atoms with van der Waals surface area (Å²) in [7, 11) is 3.40. The molecule has 2 aliphatic rings. The lowest BCUT2D eigenvalue weighted by atomic mass is 9.89. The van der Waals surface area contributed by atoms with Gasteiger partial charge in [-0.1, -0.05) is 11.6 Å². The average molecular weight is 287 g/mol. The van der Waals surface area contributed by atoms with Crippen LogP contribution in [0.15, 0.2) is 17.7 Å². The first-order valence-electron chi connectivity index (χ1n) is 7.98. The van der Waals surface area contributed by atoms with Crippen molar-refractivity contribution in [2.75, 3.05) is 20.8 Å². The number of benzene rings is 1. The number of hydrogen-bond donors (Lipinski definition) is 1. The van der Waals surface area contributed by atoms with Crippen molar-refractivity contribution in [3.05, 3.63) is 28.8 Å². The molecule has 1 aliphatic heterocycles. The SMILES string of the molecule is COc1cc2c(cc1OC)CCC(CCC1CCCN1)=C2. The summed E-state index contributed by atoms with van der Waals surface area (Å²) in [6, 6.07) is 4.97. The minimum Gasteiger partial charge on any atom is -0.493 e. The molecule has 3 heteroatoms. The summed E-state index contributed by atoms with van der Waals surface area (Å²) in [6.45, 7) is 1.20. The standard InChI is InChI=1S/C18H25NO2/c1-20-17-11-14-7-5-13(6-8-16-4-3-9-19-16)10-15(14)12-18(17)21-2/h10-12,16,19H,3-9H2,1-2H3. The molecule has 3 rings (SSSR count). The van der Waals surface area contributed by atoms with E-state index in [9.17, 15) is 0 Å². The molecule has 0 saturated carbocycles. The number of methoxy groups -OCH3 is 2. The van der Waals surface area contributed by atoms with Crippen molar-refractivity contribution in [1.82, 2.24) is 5.32 Å². The maximum absolute atomic E-state index is 5.41. The van der Waals surface area contributed by atoms with E-state index in [2.05, 4.69) is 23.5 Å². The van der Waals surface area contributed by atoms with Gasteiger partial charge in [-0.25, -0.2) is 0 Å². The molecule has 1 aromatic carbocycles. The zero-order valence-corrected chi connectivity index (χ0v) is 13.1. The summed E-state index contributed by atoms with van der Waals surface area (Å²) in [4.78, 5) is 0. The monoisotopic (exact) mass is 287 g/mol. The van der Waals surface area contributed by atoms with Crippen molar-refractivity contribution in [3.63, 3.8) is 0 Å². The highest BCUT2D eigenvalue weighted by Gasteiger charge is 2.17. The van der Waals surface area contributed by atoms with E-state index in [0.717, 1.165) is 24.0 Å². The molecule has 0 radical (unpaired) electrons. The van der Waals surface area contributed by atoms with Gasteiger partial charge in [-0.3, -0.25) is 0 Å². The van der Waals surface area contributed by atoms with Gasteiger partial charge >= 0.3 is 0 Å². The van der Waals surface area contributed by atoms with Crippen LogP contribution in [0, 0.1) is 0 Å². The van der Waals surface area contributed by atoms with Crippen LogP contribution >= 0.6 is 0 Å². The molecule has 0 aromatic heterocycles.